The molecule has 2 aromatic heterocycles. The Hall–Kier alpha value is -1.66. The van der Waals surface area contributed by atoms with Crippen molar-refractivity contribution in [1.29, 1.82) is 0 Å². The van der Waals surface area contributed by atoms with Crippen molar-refractivity contribution in [2.24, 2.45) is 0 Å². The number of furan rings is 1. The molecule has 4 nitrogen and oxygen atoms in total. The lowest BCUT2D eigenvalue weighted by Crippen LogP contribution is -1.94. The summed E-state index contributed by atoms with van der Waals surface area (Å²) in [7, 11) is 0. The van der Waals surface area contributed by atoms with Crippen LogP contribution in [0.4, 0.5) is 0 Å². The summed E-state index contributed by atoms with van der Waals surface area (Å²) in [4.78, 5) is 15.8. The Morgan fingerprint density at radius 3 is 2.81 bits per heavy atom. The van der Waals surface area contributed by atoms with E-state index < -0.39 is 5.97 Å². The Balaban J connectivity index is 2.16. The van der Waals surface area contributed by atoms with Crippen LogP contribution >= 0.6 is 27.3 Å². The Kier molecular flexibility index (Phi) is 3.59. The lowest BCUT2D eigenvalue weighted by atomic mass is 10.1. The van der Waals surface area contributed by atoms with Gasteiger partial charge in [0.15, 0.2) is 0 Å². The number of carboxylic acid groups (broad SMARTS) is 1. The first kappa shape index (κ1) is 14.3. The molecule has 2 heterocycles. The van der Waals surface area contributed by atoms with E-state index in [1.54, 1.807) is 6.92 Å². The highest BCUT2D eigenvalue weighted by Crippen LogP contribution is 2.35. The van der Waals surface area contributed by atoms with Gasteiger partial charge in [0.1, 0.15) is 21.2 Å². The summed E-state index contributed by atoms with van der Waals surface area (Å²) < 4.78 is 6.59. The molecule has 21 heavy (non-hydrogen) atoms. The molecular formula is C15H12BrNO3S. The topological polar surface area (TPSA) is 63.3 Å². The molecule has 6 heteroatoms. The number of fused-ring (bicyclic) bond motifs is 1. The van der Waals surface area contributed by atoms with E-state index in [4.69, 9.17) is 9.52 Å². The molecule has 108 valence electrons. The number of carbonyl (C=O) groups is 1. The molecule has 0 fully saturated rings. The molecule has 0 unspecified atom stereocenters. The maximum Gasteiger partial charge on any atom is 0.347 e. The van der Waals surface area contributed by atoms with Crippen molar-refractivity contribution in [2.45, 2.75) is 20.3 Å². The molecule has 0 amide bonds. The second-order valence-electron chi connectivity index (χ2n) is 4.68. The Bertz CT molecular complexity index is 850. The number of carboxylic acids is 1. The number of hydrogen-bond acceptors (Lipinski definition) is 4. The van der Waals surface area contributed by atoms with E-state index in [0.717, 1.165) is 33.2 Å². The number of aromatic carboxylic acids is 1. The molecule has 0 bridgehead atoms. The lowest BCUT2D eigenvalue weighted by molar-refractivity contribution is 0.0701. The van der Waals surface area contributed by atoms with Gasteiger partial charge in [0, 0.05) is 17.4 Å². The molecule has 3 aromatic rings. The van der Waals surface area contributed by atoms with E-state index in [0.29, 0.717) is 10.7 Å². The first-order valence-corrected chi connectivity index (χ1v) is 8.03. The molecule has 0 saturated heterocycles. The van der Waals surface area contributed by atoms with E-state index in [2.05, 4.69) is 20.9 Å². The average molecular weight is 366 g/mol. The van der Waals surface area contributed by atoms with Crippen LogP contribution in [0.2, 0.25) is 0 Å². The summed E-state index contributed by atoms with van der Waals surface area (Å²) in [6.45, 7) is 3.75. The summed E-state index contributed by atoms with van der Waals surface area (Å²) in [6.07, 6.45) is 0.829. The number of aryl methyl sites for hydroxylation is 2. The summed E-state index contributed by atoms with van der Waals surface area (Å²) in [5, 5.41) is 10.8. The number of hydrogen-bond donors (Lipinski definition) is 1. The number of benzene rings is 1. The molecule has 0 spiro atoms. The van der Waals surface area contributed by atoms with Crippen LogP contribution in [0.25, 0.3) is 21.5 Å². The van der Waals surface area contributed by atoms with Crippen molar-refractivity contribution in [2.75, 3.05) is 0 Å². The minimum atomic E-state index is -0.937. The fourth-order valence-electron chi connectivity index (χ4n) is 2.18. The minimum Gasteiger partial charge on any atom is -0.477 e. The smallest absolute Gasteiger partial charge is 0.347 e. The zero-order valence-electron chi connectivity index (χ0n) is 11.4. The van der Waals surface area contributed by atoms with Crippen molar-refractivity contribution in [3.63, 3.8) is 0 Å². The molecule has 0 aliphatic rings. The second-order valence-corrected chi connectivity index (χ2v) is 6.53. The van der Waals surface area contributed by atoms with E-state index in [1.807, 2.05) is 25.1 Å². The third-order valence-electron chi connectivity index (χ3n) is 3.21. The predicted molar refractivity (Wildman–Crippen MR) is 86.1 cm³/mol. The van der Waals surface area contributed by atoms with Crippen LogP contribution in [-0.2, 0) is 6.42 Å². The van der Waals surface area contributed by atoms with Gasteiger partial charge in [0.05, 0.1) is 10.2 Å². The molecule has 0 aliphatic carbocycles. The molecule has 1 N–H and O–H groups in total. The van der Waals surface area contributed by atoms with Gasteiger partial charge in [-0.3, -0.25) is 0 Å². The fraction of sp³-hybridized carbons (Fsp3) is 0.200. The van der Waals surface area contributed by atoms with Crippen molar-refractivity contribution >= 4 is 44.2 Å². The Morgan fingerprint density at radius 1 is 1.43 bits per heavy atom. The van der Waals surface area contributed by atoms with Gasteiger partial charge in [-0.2, -0.15) is 0 Å². The number of rotatable bonds is 3. The molecule has 1 aromatic carbocycles. The standard InChI is InChI=1S/C15H12BrNO3S/c1-3-10-5-8-4-9(6-11(16)12(8)20-10)14-17-7(2)13(21-14)15(18)19/h4-6H,3H2,1-2H3,(H,18,19). The van der Waals surface area contributed by atoms with Gasteiger partial charge in [0.25, 0.3) is 0 Å². The van der Waals surface area contributed by atoms with E-state index >= 15 is 0 Å². The average Bonchev–Trinajstić information content (AvgIpc) is 3.02. The van der Waals surface area contributed by atoms with Crippen molar-refractivity contribution in [1.82, 2.24) is 4.98 Å². The third kappa shape index (κ3) is 2.49. The van der Waals surface area contributed by atoms with Crippen LogP contribution in [0, 0.1) is 6.92 Å². The molecule has 0 atom stereocenters. The normalized spacial score (nSPS) is 11.2. The zero-order chi connectivity index (χ0) is 15.1. The third-order valence-corrected chi connectivity index (χ3v) is 4.99. The molecular weight excluding hydrogens is 354 g/mol. The highest BCUT2D eigenvalue weighted by molar-refractivity contribution is 9.10. The lowest BCUT2D eigenvalue weighted by Gasteiger charge is -1.99. The molecule has 0 saturated carbocycles. The monoisotopic (exact) mass is 365 g/mol. The Labute approximate surface area is 133 Å². The van der Waals surface area contributed by atoms with E-state index in [1.165, 1.54) is 11.3 Å². The van der Waals surface area contributed by atoms with Crippen LogP contribution in [0.5, 0.6) is 0 Å². The number of thiazole rings is 1. The quantitative estimate of drug-likeness (QED) is 0.717. The van der Waals surface area contributed by atoms with Gasteiger partial charge in [-0.05, 0) is 41.1 Å². The SMILES string of the molecule is CCc1cc2cc(-c3nc(C)c(C(=O)O)s3)cc(Br)c2o1. The first-order valence-electron chi connectivity index (χ1n) is 6.42. The van der Waals surface area contributed by atoms with Crippen LogP contribution in [-0.4, -0.2) is 16.1 Å². The van der Waals surface area contributed by atoms with Crippen LogP contribution in [0.3, 0.4) is 0 Å². The highest BCUT2D eigenvalue weighted by Gasteiger charge is 2.17. The summed E-state index contributed by atoms with van der Waals surface area (Å²) in [5.74, 6) is -0.0163. The zero-order valence-corrected chi connectivity index (χ0v) is 13.8. The first-order chi connectivity index (χ1) is 9.99. The van der Waals surface area contributed by atoms with E-state index in [-0.39, 0.29) is 4.88 Å². The van der Waals surface area contributed by atoms with Gasteiger partial charge in [-0.25, -0.2) is 9.78 Å². The van der Waals surface area contributed by atoms with Crippen molar-refractivity contribution in [3.8, 4) is 10.6 Å². The van der Waals surface area contributed by atoms with Gasteiger partial charge in [-0.1, -0.05) is 6.92 Å². The largest absolute Gasteiger partial charge is 0.477 e. The summed E-state index contributed by atoms with van der Waals surface area (Å²) in [5.41, 5.74) is 2.24. The predicted octanol–water partition coefficient (Wildman–Crippen LogP) is 4.89. The number of aromatic nitrogens is 1. The summed E-state index contributed by atoms with van der Waals surface area (Å²) >= 11 is 4.70. The maximum absolute atomic E-state index is 11.1. The fourth-order valence-corrected chi connectivity index (χ4v) is 3.63. The van der Waals surface area contributed by atoms with Gasteiger partial charge in [-0.15, -0.1) is 11.3 Å². The molecule has 0 radical (unpaired) electrons. The number of nitrogens with zero attached hydrogens (tertiary/aromatic N) is 1. The minimum absolute atomic E-state index is 0.280. The van der Waals surface area contributed by atoms with E-state index in [9.17, 15) is 4.79 Å². The van der Waals surface area contributed by atoms with Gasteiger partial charge >= 0.3 is 5.97 Å². The Morgan fingerprint density at radius 2 is 2.19 bits per heavy atom. The van der Waals surface area contributed by atoms with Crippen molar-refractivity contribution in [3.05, 3.63) is 39.0 Å². The van der Waals surface area contributed by atoms with Crippen molar-refractivity contribution < 1.29 is 14.3 Å². The summed E-state index contributed by atoms with van der Waals surface area (Å²) in [6, 6.07) is 5.89. The molecule has 3 rings (SSSR count). The number of halogens is 1. The highest BCUT2D eigenvalue weighted by atomic mass is 79.9. The molecule has 0 aliphatic heterocycles. The van der Waals surface area contributed by atoms with Gasteiger partial charge < -0.3 is 9.52 Å². The van der Waals surface area contributed by atoms with Crippen LogP contribution < -0.4 is 0 Å². The van der Waals surface area contributed by atoms with Gasteiger partial charge in [0.2, 0.25) is 0 Å². The second kappa shape index (κ2) is 5.27. The maximum atomic E-state index is 11.1. The van der Waals surface area contributed by atoms with Crippen LogP contribution in [0.1, 0.15) is 28.0 Å². The van der Waals surface area contributed by atoms with Crippen LogP contribution in [0.15, 0.2) is 27.1 Å².